The number of hydrogen-bond acceptors (Lipinski definition) is 2. The van der Waals surface area contributed by atoms with E-state index >= 15 is 0 Å². The number of likely N-dealkylation sites (tertiary alicyclic amines) is 1. The Morgan fingerprint density at radius 2 is 2.11 bits per heavy atom. The molecule has 0 amide bonds. The molecule has 0 aromatic carbocycles. The van der Waals surface area contributed by atoms with Crippen molar-refractivity contribution < 1.29 is 0 Å². The number of hydrogen-bond donors (Lipinski definition) is 0. The fraction of sp³-hybridized carbons (Fsp3) is 0.533. The van der Waals surface area contributed by atoms with Crippen LogP contribution in [0.5, 0.6) is 0 Å². The van der Waals surface area contributed by atoms with Crippen LogP contribution in [0.1, 0.15) is 24.2 Å². The first-order valence-electron chi connectivity index (χ1n) is 6.84. The van der Waals surface area contributed by atoms with Gasteiger partial charge in [0.15, 0.2) is 0 Å². The fourth-order valence-electron chi connectivity index (χ4n) is 2.89. The first kappa shape index (κ1) is 11.7. The second-order valence-corrected chi connectivity index (χ2v) is 5.57. The van der Waals surface area contributed by atoms with Crippen LogP contribution in [0, 0.1) is 12.8 Å². The number of pyridine rings is 1. The Morgan fingerprint density at radius 1 is 1.33 bits per heavy atom. The molecular weight excluding hydrogens is 222 g/mol. The summed E-state index contributed by atoms with van der Waals surface area (Å²) in [4.78, 5) is 7.04. The maximum atomic E-state index is 4.62. The van der Waals surface area contributed by atoms with Gasteiger partial charge >= 0.3 is 0 Å². The van der Waals surface area contributed by atoms with Crippen molar-refractivity contribution in [3.05, 3.63) is 35.9 Å². The predicted molar refractivity (Wildman–Crippen MR) is 73.9 cm³/mol. The number of imidazole rings is 1. The van der Waals surface area contributed by atoms with E-state index in [2.05, 4.69) is 46.6 Å². The third-order valence-corrected chi connectivity index (χ3v) is 4.17. The molecule has 18 heavy (non-hydrogen) atoms. The second-order valence-electron chi connectivity index (χ2n) is 5.57. The van der Waals surface area contributed by atoms with E-state index in [1.165, 1.54) is 42.8 Å². The van der Waals surface area contributed by atoms with Gasteiger partial charge in [0.2, 0.25) is 0 Å². The first-order valence-corrected chi connectivity index (χ1v) is 6.84. The van der Waals surface area contributed by atoms with Gasteiger partial charge in [0, 0.05) is 12.6 Å². The van der Waals surface area contributed by atoms with E-state index in [1.807, 2.05) is 6.20 Å². The Balaban J connectivity index is 1.81. The Hall–Kier alpha value is -1.35. The molecule has 0 bridgehead atoms. The van der Waals surface area contributed by atoms with Gasteiger partial charge in [-0.05, 0) is 57.5 Å². The average molecular weight is 243 g/mol. The molecule has 1 fully saturated rings. The third kappa shape index (κ3) is 2.15. The van der Waals surface area contributed by atoms with Crippen LogP contribution in [0.15, 0.2) is 24.5 Å². The summed E-state index contributed by atoms with van der Waals surface area (Å²) in [5.41, 5.74) is 2.56. The highest BCUT2D eigenvalue weighted by molar-refractivity contribution is 5.53. The zero-order valence-corrected chi connectivity index (χ0v) is 11.3. The van der Waals surface area contributed by atoms with Crippen LogP contribution >= 0.6 is 0 Å². The van der Waals surface area contributed by atoms with E-state index in [4.69, 9.17) is 0 Å². The molecular formula is C15H21N3. The van der Waals surface area contributed by atoms with Crippen LogP contribution in [-0.4, -0.2) is 34.4 Å². The van der Waals surface area contributed by atoms with Gasteiger partial charge < -0.3 is 9.30 Å². The number of nitrogens with zero attached hydrogens (tertiary/aromatic N) is 3. The summed E-state index contributed by atoms with van der Waals surface area (Å²) in [6, 6.07) is 4.26. The largest absolute Gasteiger partial charge is 0.306 e. The Labute approximate surface area is 108 Å². The van der Waals surface area contributed by atoms with Crippen molar-refractivity contribution in [1.82, 2.24) is 14.3 Å². The van der Waals surface area contributed by atoms with Crippen molar-refractivity contribution in [2.75, 3.05) is 20.1 Å². The molecule has 1 aliphatic heterocycles. The summed E-state index contributed by atoms with van der Waals surface area (Å²) in [5.74, 6) is 2.02. The predicted octanol–water partition coefficient (Wildman–Crippen LogP) is 2.53. The zero-order chi connectivity index (χ0) is 12.5. The summed E-state index contributed by atoms with van der Waals surface area (Å²) >= 11 is 0. The van der Waals surface area contributed by atoms with Crippen LogP contribution in [0.3, 0.4) is 0 Å². The summed E-state index contributed by atoms with van der Waals surface area (Å²) in [6.07, 6.45) is 7.87. The molecule has 0 spiro atoms. The molecule has 0 radical (unpaired) electrons. The van der Waals surface area contributed by atoms with E-state index in [0.717, 1.165) is 12.3 Å². The highest BCUT2D eigenvalue weighted by atomic mass is 15.1. The molecule has 0 saturated carbocycles. The summed E-state index contributed by atoms with van der Waals surface area (Å²) in [5, 5.41) is 0. The smallest absolute Gasteiger partial charge is 0.113 e. The summed E-state index contributed by atoms with van der Waals surface area (Å²) in [7, 11) is 2.21. The SMILES string of the molecule is Cc1cccn2c(CC3CCN(C)CC3)ncc12. The lowest BCUT2D eigenvalue weighted by Crippen LogP contribution is -2.31. The molecule has 0 N–H and O–H groups in total. The van der Waals surface area contributed by atoms with Crippen LogP contribution in [0.4, 0.5) is 0 Å². The van der Waals surface area contributed by atoms with Gasteiger partial charge in [0.1, 0.15) is 5.82 Å². The monoisotopic (exact) mass is 243 g/mol. The lowest BCUT2D eigenvalue weighted by Gasteiger charge is -2.28. The van der Waals surface area contributed by atoms with Gasteiger partial charge in [-0.25, -0.2) is 4.98 Å². The number of rotatable bonds is 2. The maximum absolute atomic E-state index is 4.62. The molecule has 3 nitrogen and oxygen atoms in total. The van der Waals surface area contributed by atoms with Crippen molar-refractivity contribution in [3.63, 3.8) is 0 Å². The molecule has 2 aromatic rings. The minimum atomic E-state index is 0.798. The normalized spacial score (nSPS) is 18.6. The van der Waals surface area contributed by atoms with Crippen LogP contribution in [-0.2, 0) is 6.42 Å². The van der Waals surface area contributed by atoms with Gasteiger partial charge in [0.05, 0.1) is 11.7 Å². The van der Waals surface area contributed by atoms with Crippen molar-refractivity contribution in [2.45, 2.75) is 26.2 Å². The maximum Gasteiger partial charge on any atom is 0.113 e. The van der Waals surface area contributed by atoms with E-state index in [9.17, 15) is 0 Å². The summed E-state index contributed by atoms with van der Waals surface area (Å²) < 4.78 is 2.26. The second kappa shape index (κ2) is 4.73. The van der Waals surface area contributed by atoms with Gasteiger partial charge in [-0.2, -0.15) is 0 Å². The minimum absolute atomic E-state index is 0.798. The molecule has 3 heteroatoms. The Morgan fingerprint density at radius 3 is 2.89 bits per heavy atom. The summed E-state index contributed by atoms with van der Waals surface area (Å²) in [6.45, 7) is 4.61. The molecule has 0 unspecified atom stereocenters. The van der Waals surface area contributed by atoms with Crippen molar-refractivity contribution in [2.24, 2.45) is 5.92 Å². The van der Waals surface area contributed by atoms with Gasteiger partial charge in [0.25, 0.3) is 0 Å². The highest BCUT2D eigenvalue weighted by Gasteiger charge is 2.18. The molecule has 96 valence electrons. The number of aromatic nitrogens is 2. The van der Waals surface area contributed by atoms with E-state index in [1.54, 1.807) is 0 Å². The Kier molecular flexibility index (Phi) is 3.08. The molecule has 3 rings (SSSR count). The van der Waals surface area contributed by atoms with Crippen LogP contribution < -0.4 is 0 Å². The highest BCUT2D eigenvalue weighted by Crippen LogP contribution is 2.21. The number of fused-ring (bicyclic) bond motifs is 1. The topological polar surface area (TPSA) is 20.5 Å². The van der Waals surface area contributed by atoms with Crippen molar-refractivity contribution in [1.29, 1.82) is 0 Å². The first-order chi connectivity index (χ1) is 8.74. The number of piperidine rings is 1. The van der Waals surface area contributed by atoms with E-state index < -0.39 is 0 Å². The van der Waals surface area contributed by atoms with Gasteiger partial charge in [-0.3, -0.25) is 0 Å². The van der Waals surface area contributed by atoms with E-state index in [-0.39, 0.29) is 0 Å². The van der Waals surface area contributed by atoms with Crippen molar-refractivity contribution in [3.8, 4) is 0 Å². The minimum Gasteiger partial charge on any atom is -0.306 e. The lowest BCUT2D eigenvalue weighted by molar-refractivity contribution is 0.217. The lowest BCUT2D eigenvalue weighted by atomic mass is 9.93. The van der Waals surface area contributed by atoms with Crippen LogP contribution in [0.25, 0.3) is 5.52 Å². The number of aryl methyl sites for hydroxylation is 1. The molecule has 1 aliphatic rings. The molecule has 0 atom stereocenters. The average Bonchev–Trinajstić information content (AvgIpc) is 2.77. The molecule has 2 aromatic heterocycles. The van der Waals surface area contributed by atoms with E-state index in [0.29, 0.717) is 0 Å². The molecule has 3 heterocycles. The zero-order valence-electron chi connectivity index (χ0n) is 11.3. The standard InChI is InChI=1S/C15H21N3/c1-12-4-3-7-18-14(12)11-16-15(18)10-13-5-8-17(2)9-6-13/h3-4,7,11,13H,5-6,8-10H2,1-2H3. The third-order valence-electron chi connectivity index (χ3n) is 4.17. The van der Waals surface area contributed by atoms with Gasteiger partial charge in [-0.1, -0.05) is 6.07 Å². The van der Waals surface area contributed by atoms with Gasteiger partial charge in [-0.15, -0.1) is 0 Å². The van der Waals surface area contributed by atoms with Crippen molar-refractivity contribution >= 4 is 5.52 Å². The quantitative estimate of drug-likeness (QED) is 0.808. The fourth-order valence-corrected chi connectivity index (χ4v) is 2.89. The molecule has 0 aliphatic carbocycles. The molecule has 1 saturated heterocycles. The van der Waals surface area contributed by atoms with Crippen LogP contribution in [0.2, 0.25) is 0 Å². The Bertz CT molecular complexity index is 536.